The highest BCUT2D eigenvalue weighted by Crippen LogP contribution is 2.30. The van der Waals surface area contributed by atoms with Crippen molar-refractivity contribution in [3.8, 4) is 0 Å². The molecule has 0 heterocycles. The maximum atomic E-state index is 6.09. The number of unbranched alkanes of at least 4 members (excludes halogenated alkanes) is 1. The number of halogens is 2. The summed E-state index contributed by atoms with van der Waals surface area (Å²) in [6, 6.07) is 5.61. The van der Waals surface area contributed by atoms with E-state index in [0.717, 1.165) is 33.8 Å². The molecular formula is C13H19Cl2NS. The van der Waals surface area contributed by atoms with Gasteiger partial charge in [-0.05, 0) is 56.3 Å². The third kappa shape index (κ3) is 6.56. The van der Waals surface area contributed by atoms with Gasteiger partial charge in [0.2, 0.25) is 0 Å². The molecule has 0 spiro atoms. The fraction of sp³-hybridized carbons (Fsp3) is 0.538. The van der Waals surface area contributed by atoms with Crippen molar-refractivity contribution in [2.24, 2.45) is 0 Å². The topological polar surface area (TPSA) is 12.0 Å². The van der Waals surface area contributed by atoms with Gasteiger partial charge >= 0.3 is 0 Å². The highest BCUT2D eigenvalue weighted by Gasteiger charge is 2.01. The Bertz CT molecular complexity index is 331. The van der Waals surface area contributed by atoms with Crippen molar-refractivity contribution in [3.63, 3.8) is 0 Å². The van der Waals surface area contributed by atoms with E-state index in [2.05, 4.69) is 12.2 Å². The van der Waals surface area contributed by atoms with Crippen LogP contribution in [-0.4, -0.2) is 18.8 Å². The lowest BCUT2D eigenvalue weighted by Crippen LogP contribution is -2.15. The summed E-state index contributed by atoms with van der Waals surface area (Å²) in [7, 11) is 0. The van der Waals surface area contributed by atoms with Crippen LogP contribution in [-0.2, 0) is 0 Å². The van der Waals surface area contributed by atoms with E-state index in [1.165, 1.54) is 19.3 Å². The van der Waals surface area contributed by atoms with Crippen LogP contribution in [0.25, 0.3) is 0 Å². The molecule has 1 nitrogen and oxygen atoms in total. The van der Waals surface area contributed by atoms with Crippen molar-refractivity contribution in [2.75, 3.05) is 18.8 Å². The molecule has 0 aromatic heterocycles. The quantitative estimate of drug-likeness (QED) is 0.542. The van der Waals surface area contributed by atoms with Gasteiger partial charge in [-0.15, -0.1) is 11.8 Å². The van der Waals surface area contributed by atoms with Gasteiger partial charge in [0.25, 0.3) is 0 Å². The van der Waals surface area contributed by atoms with Crippen molar-refractivity contribution in [3.05, 3.63) is 28.2 Å². The van der Waals surface area contributed by atoms with E-state index < -0.39 is 0 Å². The van der Waals surface area contributed by atoms with E-state index in [9.17, 15) is 0 Å². The van der Waals surface area contributed by atoms with Gasteiger partial charge in [0.05, 0.1) is 5.02 Å². The average Bonchev–Trinajstić information content (AvgIpc) is 2.32. The van der Waals surface area contributed by atoms with Crippen LogP contribution in [0.15, 0.2) is 23.1 Å². The van der Waals surface area contributed by atoms with E-state index in [0.29, 0.717) is 0 Å². The van der Waals surface area contributed by atoms with Crippen molar-refractivity contribution in [1.82, 2.24) is 5.32 Å². The molecule has 1 N–H and O–H groups in total. The summed E-state index contributed by atoms with van der Waals surface area (Å²) in [5.74, 6) is 1.09. The largest absolute Gasteiger partial charge is 0.317 e. The second-order valence-electron chi connectivity index (χ2n) is 3.88. The van der Waals surface area contributed by atoms with Crippen LogP contribution in [0.2, 0.25) is 10.0 Å². The van der Waals surface area contributed by atoms with Crippen molar-refractivity contribution >= 4 is 35.0 Å². The number of benzene rings is 1. The van der Waals surface area contributed by atoms with Gasteiger partial charge in [0.1, 0.15) is 0 Å². The van der Waals surface area contributed by atoms with Crippen molar-refractivity contribution in [2.45, 2.75) is 31.1 Å². The minimum absolute atomic E-state index is 0.751. The molecule has 0 saturated carbocycles. The van der Waals surface area contributed by atoms with Crippen LogP contribution in [0.3, 0.4) is 0 Å². The summed E-state index contributed by atoms with van der Waals surface area (Å²) >= 11 is 13.8. The minimum atomic E-state index is 0.751. The van der Waals surface area contributed by atoms with Gasteiger partial charge in [0.15, 0.2) is 0 Å². The maximum Gasteiger partial charge on any atom is 0.0542 e. The first-order valence-electron chi connectivity index (χ1n) is 6.02. The monoisotopic (exact) mass is 291 g/mol. The Balaban J connectivity index is 2.15. The van der Waals surface area contributed by atoms with Crippen LogP contribution in [0.1, 0.15) is 26.2 Å². The zero-order valence-electron chi connectivity index (χ0n) is 10.1. The summed E-state index contributed by atoms with van der Waals surface area (Å²) in [6.07, 6.45) is 3.61. The lowest BCUT2D eigenvalue weighted by atomic mass is 10.3. The summed E-state index contributed by atoms with van der Waals surface area (Å²) in [4.78, 5) is 1.08. The summed E-state index contributed by atoms with van der Waals surface area (Å²) in [5, 5.41) is 4.94. The van der Waals surface area contributed by atoms with E-state index in [-0.39, 0.29) is 0 Å². The van der Waals surface area contributed by atoms with Crippen molar-refractivity contribution < 1.29 is 0 Å². The van der Waals surface area contributed by atoms with Gasteiger partial charge in [-0.2, -0.15) is 0 Å². The molecule has 0 bridgehead atoms. The fourth-order valence-corrected chi connectivity index (χ4v) is 2.93. The third-order valence-electron chi connectivity index (χ3n) is 2.33. The fourth-order valence-electron chi connectivity index (χ4n) is 1.42. The first kappa shape index (κ1) is 15.2. The molecule has 0 aliphatic rings. The van der Waals surface area contributed by atoms with Gasteiger partial charge in [0, 0.05) is 9.92 Å². The SMILES string of the molecule is CCCNCCCCSc1cc(Cl)ccc1Cl. The molecule has 0 amide bonds. The third-order valence-corrected chi connectivity index (χ3v) is 4.14. The van der Waals surface area contributed by atoms with Crippen LogP contribution in [0, 0.1) is 0 Å². The molecule has 0 unspecified atom stereocenters. The minimum Gasteiger partial charge on any atom is -0.317 e. The maximum absolute atomic E-state index is 6.09. The average molecular weight is 292 g/mol. The predicted molar refractivity (Wildman–Crippen MR) is 79.6 cm³/mol. The molecule has 4 heteroatoms. The molecule has 0 aliphatic heterocycles. The lowest BCUT2D eigenvalue weighted by Gasteiger charge is -2.05. The Hall–Kier alpha value is 0.110. The summed E-state index contributed by atoms with van der Waals surface area (Å²) < 4.78 is 0. The van der Waals surface area contributed by atoms with E-state index in [1.807, 2.05) is 18.2 Å². The Labute approximate surface area is 118 Å². The molecule has 1 rings (SSSR count). The Morgan fingerprint density at radius 3 is 2.76 bits per heavy atom. The lowest BCUT2D eigenvalue weighted by molar-refractivity contribution is 0.635. The highest BCUT2D eigenvalue weighted by molar-refractivity contribution is 7.99. The molecule has 0 atom stereocenters. The molecule has 0 saturated heterocycles. The molecule has 17 heavy (non-hydrogen) atoms. The molecule has 1 aromatic rings. The Kier molecular flexibility index (Phi) is 8.12. The molecular weight excluding hydrogens is 273 g/mol. The molecule has 0 aliphatic carbocycles. The van der Waals surface area contributed by atoms with Gasteiger partial charge < -0.3 is 5.32 Å². The standard InChI is InChI=1S/C13H19Cl2NS/c1-2-7-16-8-3-4-9-17-13-10-11(14)5-6-12(13)15/h5-6,10,16H,2-4,7-9H2,1H3. The summed E-state index contributed by atoms with van der Waals surface area (Å²) in [6.45, 7) is 4.41. The Morgan fingerprint density at radius 1 is 1.18 bits per heavy atom. The number of nitrogens with one attached hydrogen (secondary N) is 1. The van der Waals surface area contributed by atoms with Crippen LogP contribution >= 0.6 is 35.0 Å². The smallest absolute Gasteiger partial charge is 0.0542 e. The summed E-state index contributed by atoms with van der Waals surface area (Å²) in [5.41, 5.74) is 0. The normalized spacial score (nSPS) is 10.8. The number of thioether (sulfide) groups is 1. The van der Waals surface area contributed by atoms with Gasteiger partial charge in [-0.3, -0.25) is 0 Å². The van der Waals surface area contributed by atoms with Crippen LogP contribution in [0.5, 0.6) is 0 Å². The second-order valence-corrected chi connectivity index (χ2v) is 5.86. The van der Waals surface area contributed by atoms with Crippen LogP contribution < -0.4 is 5.32 Å². The first-order chi connectivity index (χ1) is 8.24. The van der Waals surface area contributed by atoms with Gasteiger partial charge in [-0.1, -0.05) is 30.1 Å². The van der Waals surface area contributed by atoms with E-state index in [1.54, 1.807) is 11.8 Å². The van der Waals surface area contributed by atoms with E-state index >= 15 is 0 Å². The zero-order valence-corrected chi connectivity index (χ0v) is 12.5. The molecule has 0 fully saturated rings. The number of hydrogen-bond donors (Lipinski definition) is 1. The first-order valence-corrected chi connectivity index (χ1v) is 7.76. The zero-order chi connectivity index (χ0) is 12.5. The highest BCUT2D eigenvalue weighted by atomic mass is 35.5. The number of rotatable bonds is 8. The predicted octanol–water partition coefficient (Wildman–Crippen LogP) is 4.87. The van der Waals surface area contributed by atoms with Crippen LogP contribution in [0.4, 0.5) is 0 Å². The van der Waals surface area contributed by atoms with E-state index in [4.69, 9.17) is 23.2 Å². The van der Waals surface area contributed by atoms with Gasteiger partial charge in [-0.25, -0.2) is 0 Å². The number of hydrogen-bond acceptors (Lipinski definition) is 2. The van der Waals surface area contributed by atoms with Crippen molar-refractivity contribution in [1.29, 1.82) is 0 Å². The molecule has 1 aromatic carbocycles. The second kappa shape index (κ2) is 9.09. The molecule has 0 radical (unpaired) electrons. The Morgan fingerprint density at radius 2 is 2.00 bits per heavy atom. The molecule has 96 valence electrons.